The molecular formula is C20H36N2O2. The first-order valence-electron chi connectivity index (χ1n) is 9.92. The quantitative estimate of drug-likeness (QED) is 0.831. The maximum atomic E-state index is 12.5. The summed E-state index contributed by atoms with van der Waals surface area (Å²) in [5, 5.41) is 3.06. The Kier molecular flexibility index (Phi) is 7.12. The lowest BCUT2D eigenvalue weighted by molar-refractivity contribution is -0.133. The summed E-state index contributed by atoms with van der Waals surface area (Å²) in [7, 11) is 0. The van der Waals surface area contributed by atoms with E-state index >= 15 is 0 Å². The predicted octanol–water partition coefficient (Wildman–Crippen LogP) is 3.75. The normalized spacial score (nSPS) is 23.1. The van der Waals surface area contributed by atoms with Crippen molar-refractivity contribution in [2.75, 3.05) is 19.6 Å². The number of piperidine rings is 1. The van der Waals surface area contributed by atoms with Crippen LogP contribution < -0.4 is 5.32 Å². The van der Waals surface area contributed by atoms with Gasteiger partial charge in [-0.05, 0) is 31.1 Å². The third-order valence-corrected chi connectivity index (χ3v) is 5.60. The summed E-state index contributed by atoms with van der Waals surface area (Å²) in [5.74, 6) is 1.61. The van der Waals surface area contributed by atoms with Crippen LogP contribution in [0.15, 0.2) is 0 Å². The molecule has 1 aliphatic heterocycles. The Bertz CT molecular complexity index is 422. The molecular weight excluding hydrogens is 300 g/mol. The minimum atomic E-state index is -0.343. The molecule has 138 valence electrons. The van der Waals surface area contributed by atoms with Crippen LogP contribution in [0.25, 0.3) is 0 Å². The number of hydrogen-bond donors (Lipinski definition) is 1. The zero-order valence-corrected chi connectivity index (χ0v) is 15.9. The van der Waals surface area contributed by atoms with Crippen LogP contribution in [0.1, 0.15) is 78.6 Å². The highest BCUT2D eigenvalue weighted by molar-refractivity contribution is 5.81. The summed E-state index contributed by atoms with van der Waals surface area (Å²) in [6.07, 6.45) is 10.6. The van der Waals surface area contributed by atoms with Crippen molar-refractivity contribution in [3.63, 3.8) is 0 Å². The first-order chi connectivity index (χ1) is 11.4. The predicted molar refractivity (Wildman–Crippen MR) is 97.6 cm³/mol. The monoisotopic (exact) mass is 336 g/mol. The zero-order valence-electron chi connectivity index (χ0n) is 15.9. The molecule has 2 rings (SSSR count). The van der Waals surface area contributed by atoms with E-state index in [4.69, 9.17) is 0 Å². The summed E-state index contributed by atoms with van der Waals surface area (Å²) in [6.45, 7) is 8.21. The molecule has 0 aromatic heterocycles. The number of carbonyl (C=O) groups excluding carboxylic acids is 2. The van der Waals surface area contributed by atoms with Crippen molar-refractivity contribution in [3.05, 3.63) is 0 Å². The minimum Gasteiger partial charge on any atom is -0.355 e. The second-order valence-electron chi connectivity index (χ2n) is 8.85. The van der Waals surface area contributed by atoms with Gasteiger partial charge in [-0.1, -0.05) is 52.9 Å². The maximum absolute atomic E-state index is 12.5. The fourth-order valence-electron chi connectivity index (χ4n) is 3.92. The van der Waals surface area contributed by atoms with Crippen LogP contribution in [0, 0.1) is 17.3 Å². The lowest BCUT2D eigenvalue weighted by Crippen LogP contribution is -2.45. The molecule has 1 heterocycles. The van der Waals surface area contributed by atoms with Crippen molar-refractivity contribution in [2.45, 2.75) is 78.6 Å². The first-order valence-corrected chi connectivity index (χ1v) is 9.92. The van der Waals surface area contributed by atoms with Gasteiger partial charge in [0.2, 0.25) is 11.8 Å². The second-order valence-corrected chi connectivity index (χ2v) is 8.85. The van der Waals surface area contributed by atoms with E-state index in [1.165, 1.54) is 32.1 Å². The Hall–Kier alpha value is -1.06. The smallest absolute Gasteiger partial charge is 0.225 e. The number of nitrogens with zero attached hydrogens (tertiary/aromatic N) is 1. The van der Waals surface area contributed by atoms with Crippen molar-refractivity contribution in [3.8, 4) is 0 Å². The SMILES string of the molecule is CC(C)(C)C(=O)NC[C@@H]1CCCN(C(=O)CCC2CCCCC2)C1. The van der Waals surface area contributed by atoms with Crippen LogP contribution in [0.4, 0.5) is 0 Å². The van der Waals surface area contributed by atoms with Crippen LogP contribution in [0.3, 0.4) is 0 Å². The fourth-order valence-corrected chi connectivity index (χ4v) is 3.92. The van der Waals surface area contributed by atoms with Gasteiger partial charge in [-0.3, -0.25) is 9.59 Å². The van der Waals surface area contributed by atoms with Gasteiger partial charge in [0, 0.05) is 31.5 Å². The lowest BCUT2D eigenvalue weighted by Gasteiger charge is -2.34. The molecule has 1 aliphatic carbocycles. The van der Waals surface area contributed by atoms with Gasteiger partial charge >= 0.3 is 0 Å². The maximum Gasteiger partial charge on any atom is 0.225 e. The molecule has 0 aromatic rings. The van der Waals surface area contributed by atoms with Gasteiger partial charge in [-0.15, -0.1) is 0 Å². The lowest BCUT2D eigenvalue weighted by atomic mass is 9.86. The average Bonchev–Trinajstić information content (AvgIpc) is 2.58. The van der Waals surface area contributed by atoms with E-state index in [2.05, 4.69) is 5.32 Å². The molecule has 24 heavy (non-hydrogen) atoms. The van der Waals surface area contributed by atoms with Gasteiger partial charge in [0.1, 0.15) is 0 Å². The van der Waals surface area contributed by atoms with Gasteiger partial charge < -0.3 is 10.2 Å². The largest absolute Gasteiger partial charge is 0.355 e. The molecule has 0 bridgehead atoms. The highest BCUT2D eigenvalue weighted by Gasteiger charge is 2.26. The Morgan fingerprint density at radius 2 is 1.67 bits per heavy atom. The molecule has 2 aliphatic rings. The fraction of sp³-hybridized carbons (Fsp3) is 0.900. The third-order valence-electron chi connectivity index (χ3n) is 5.60. The number of hydrogen-bond acceptors (Lipinski definition) is 2. The highest BCUT2D eigenvalue weighted by Crippen LogP contribution is 2.28. The Morgan fingerprint density at radius 1 is 1.00 bits per heavy atom. The summed E-state index contributed by atoms with van der Waals surface area (Å²) in [6, 6.07) is 0. The van der Waals surface area contributed by atoms with Crippen molar-refractivity contribution < 1.29 is 9.59 Å². The van der Waals surface area contributed by atoms with Crippen LogP contribution in [0.5, 0.6) is 0 Å². The second kappa shape index (κ2) is 8.87. The summed E-state index contributed by atoms with van der Waals surface area (Å²) in [4.78, 5) is 26.6. The van der Waals surface area contributed by atoms with Gasteiger partial charge in [0.15, 0.2) is 0 Å². The van der Waals surface area contributed by atoms with Crippen LogP contribution in [-0.2, 0) is 9.59 Å². The molecule has 0 spiro atoms. The van der Waals surface area contributed by atoms with E-state index < -0.39 is 0 Å². The molecule has 4 nitrogen and oxygen atoms in total. The number of carbonyl (C=O) groups is 2. The van der Waals surface area contributed by atoms with E-state index in [0.29, 0.717) is 24.8 Å². The van der Waals surface area contributed by atoms with E-state index in [1.54, 1.807) is 0 Å². The Balaban J connectivity index is 1.71. The zero-order chi connectivity index (χ0) is 17.6. The Morgan fingerprint density at radius 3 is 2.33 bits per heavy atom. The first kappa shape index (κ1) is 19.3. The number of amides is 2. The molecule has 1 saturated carbocycles. The Labute approximate surface area is 147 Å². The van der Waals surface area contributed by atoms with Crippen LogP contribution >= 0.6 is 0 Å². The molecule has 2 amide bonds. The summed E-state index contributed by atoms with van der Waals surface area (Å²) < 4.78 is 0. The van der Waals surface area contributed by atoms with Gasteiger partial charge in [0.25, 0.3) is 0 Å². The van der Waals surface area contributed by atoms with E-state index in [9.17, 15) is 9.59 Å². The van der Waals surface area contributed by atoms with Crippen molar-refractivity contribution in [1.29, 1.82) is 0 Å². The summed E-state index contributed by atoms with van der Waals surface area (Å²) in [5.41, 5.74) is -0.343. The number of rotatable bonds is 5. The molecule has 0 aromatic carbocycles. The number of nitrogens with one attached hydrogen (secondary N) is 1. The van der Waals surface area contributed by atoms with Crippen LogP contribution in [-0.4, -0.2) is 36.3 Å². The van der Waals surface area contributed by atoms with Crippen molar-refractivity contribution in [1.82, 2.24) is 10.2 Å². The molecule has 1 atom stereocenters. The van der Waals surface area contributed by atoms with Crippen LogP contribution in [0.2, 0.25) is 0 Å². The molecule has 4 heteroatoms. The third kappa shape index (κ3) is 6.10. The summed E-state index contributed by atoms with van der Waals surface area (Å²) >= 11 is 0. The van der Waals surface area contributed by atoms with Gasteiger partial charge in [-0.2, -0.15) is 0 Å². The molecule has 0 unspecified atom stereocenters. The molecule has 2 fully saturated rings. The van der Waals surface area contributed by atoms with E-state index in [-0.39, 0.29) is 11.3 Å². The van der Waals surface area contributed by atoms with Gasteiger partial charge in [-0.25, -0.2) is 0 Å². The standard InChI is InChI=1S/C20H36N2O2/c1-20(2,3)19(24)21-14-17-10-7-13-22(15-17)18(23)12-11-16-8-5-4-6-9-16/h16-17H,4-15H2,1-3H3,(H,21,24)/t17-/m0/s1. The van der Waals surface area contributed by atoms with E-state index in [1.807, 2.05) is 25.7 Å². The van der Waals surface area contributed by atoms with Crippen molar-refractivity contribution in [2.24, 2.45) is 17.3 Å². The minimum absolute atomic E-state index is 0.100. The number of likely N-dealkylation sites (tertiary alicyclic amines) is 1. The average molecular weight is 337 g/mol. The van der Waals surface area contributed by atoms with Crippen molar-refractivity contribution >= 4 is 11.8 Å². The molecule has 1 saturated heterocycles. The van der Waals surface area contributed by atoms with E-state index in [0.717, 1.165) is 38.3 Å². The highest BCUT2D eigenvalue weighted by atomic mass is 16.2. The molecule has 0 radical (unpaired) electrons. The molecule has 1 N–H and O–H groups in total. The van der Waals surface area contributed by atoms with Gasteiger partial charge in [0.05, 0.1) is 0 Å². The topological polar surface area (TPSA) is 49.4 Å².